The lowest BCUT2D eigenvalue weighted by atomic mass is 9.77. The third-order valence-electron chi connectivity index (χ3n) is 5.63. The van der Waals surface area contributed by atoms with Crippen LogP contribution in [0.2, 0.25) is 0 Å². The molecule has 0 N–H and O–H groups in total. The molecule has 1 aliphatic heterocycles. The van der Waals surface area contributed by atoms with E-state index in [0.717, 1.165) is 6.42 Å². The van der Waals surface area contributed by atoms with E-state index < -0.39 is 0 Å². The van der Waals surface area contributed by atoms with E-state index in [9.17, 15) is 4.79 Å². The third-order valence-corrected chi connectivity index (χ3v) is 5.63. The van der Waals surface area contributed by atoms with Crippen molar-refractivity contribution in [3.63, 3.8) is 0 Å². The van der Waals surface area contributed by atoms with Crippen LogP contribution in [0.4, 0.5) is 0 Å². The number of benzene rings is 2. The molecule has 4 rings (SSSR count). The summed E-state index contributed by atoms with van der Waals surface area (Å²) >= 11 is 0. The first-order valence-electron chi connectivity index (χ1n) is 9.23. The highest BCUT2D eigenvalue weighted by Crippen LogP contribution is 2.47. The van der Waals surface area contributed by atoms with Gasteiger partial charge in [-0.15, -0.1) is 0 Å². The molecule has 2 heteroatoms. The average Bonchev–Trinajstić information content (AvgIpc) is 2.88. The third kappa shape index (κ3) is 3.02. The Hall–Kier alpha value is -2.35. The fraction of sp³-hybridized carbons (Fsp3) is 0.348. The highest BCUT2D eigenvalue weighted by atomic mass is 16.2. The van der Waals surface area contributed by atoms with Gasteiger partial charge in [0.15, 0.2) is 0 Å². The van der Waals surface area contributed by atoms with Gasteiger partial charge in [0.25, 0.3) is 0 Å². The molecule has 1 heterocycles. The van der Waals surface area contributed by atoms with Crippen molar-refractivity contribution < 1.29 is 4.79 Å². The van der Waals surface area contributed by atoms with Gasteiger partial charge in [-0.3, -0.25) is 4.79 Å². The fourth-order valence-electron chi connectivity index (χ4n) is 4.45. The second-order valence-electron chi connectivity index (χ2n) is 7.59. The number of aryl methyl sites for hydroxylation is 1. The lowest BCUT2D eigenvalue weighted by molar-refractivity contribution is -0.133. The van der Waals surface area contributed by atoms with E-state index in [-0.39, 0.29) is 17.9 Å². The van der Waals surface area contributed by atoms with Gasteiger partial charge in [0.1, 0.15) is 0 Å². The molecule has 128 valence electrons. The zero-order valence-corrected chi connectivity index (χ0v) is 14.9. The molecule has 0 spiro atoms. The Morgan fingerprint density at radius 3 is 2.60 bits per heavy atom. The molecule has 0 radical (unpaired) electrons. The molecule has 2 aromatic carbocycles. The molecule has 0 bridgehead atoms. The normalized spacial score (nSPS) is 28.2. The van der Waals surface area contributed by atoms with Gasteiger partial charge in [-0.25, -0.2) is 0 Å². The maximum absolute atomic E-state index is 13.3. The average molecular weight is 331 g/mol. The predicted octanol–water partition coefficient (Wildman–Crippen LogP) is 4.91. The zero-order chi connectivity index (χ0) is 17.4. The summed E-state index contributed by atoms with van der Waals surface area (Å²) in [5.74, 6) is 1.21. The van der Waals surface area contributed by atoms with Crippen LogP contribution < -0.4 is 0 Å². The van der Waals surface area contributed by atoms with Crippen LogP contribution in [-0.2, 0) is 11.3 Å². The van der Waals surface area contributed by atoms with Gasteiger partial charge >= 0.3 is 0 Å². The molecule has 2 nitrogen and oxygen atoms in total. The first-order valence-corrected chi connectivity index (χ1v) is 9.23. The van der Waals surface area contributed by atoms with Crippen LogP contribution in [-0.4, -0.2) is 10.8 Å². The Morgan fingerprint density at radius 2 is 1.84 bits per heavy atom. The zero-order valence-electron chi connectivity index (χ0n) is 14.9. The fourth-order valence-corrected chi connectivity index (χ4v) is 4.45. The van der Waals surface area contributed by atoms with Crippen LogP contribution in [0.25, 0.3) is 0 Å². The van der Waals surface area contributed by atoms with Crippen LogP contribution in [0.15, 0.2) is 66.7 Å². The Bertz CT molecular complexity index is 795. The Kier molecular flexibility index (Phi) is 4.20. The monoisotopic (exact) mass is 331 g/mol. The number of nitrogens with zero attached hydrogens (tertiary/aromatic N) is 1. The number of hydrogen-bond acceptors (Lipinski definition) is 1. The summed E-state index contributed by atoms with van der Waals surface area (Å²) in [7, 11) is 0. The Morgan fingerprint density at radius 1 is 1.04 bits per heavy atom. The van der Waals surface area contributed by atoms with E-state index >= 15 is 0 Å². The maximum atomic E-state index is 13.3. The molecule has 1 fully saturated rings. The number of carbonyl (C=O) groups is 1. The standard InChI is InChI=1S/C23H25NO/c1-16-7-6-10-19(13-16)22-20-12-11-17(2)14-21(20)23(25)24(22)15-18-8-4-3-5-9-18/h3-13,17,20-22H,14-15H2,1-2H3/t17?,20-,21-,22-/m0/s1. The van der Waals surface area contributed by atoms with Gasteiger partial charge in [0.05, 0.1) is 6.04 Å². The van der Waals surface area contributed by atoms with Crippen molar-refractivity contribution >= 4 is 5.91 Å². The van der Waals surface area contributed by atoms with Crippen molar-refractivity contribution in [3.8, 4) is 0 Å². The minimum absolute atomic E-state index is 0.120. The second kappa shape index (κ2) is 6.51. The van der Waals surface area contributed by atoms with E-state index in [1.54, 1.807) is 0 Å². The predicted molar refractivity (Wildman–Crippen MR) is 101 cm³/mol. The van der Waals surface area contributed by atoms with Crippen LogP contribution in [0.5, 0.6) is 0 Å². The smallest absolute Gasteiger partial charge is 0.227 e. The molecule has 2 aromatic rings. The largest absolute Gasteiger partial charge is 0.330 e. The number of rotatable bonds is 3. The minimum Gasteiger partial charge on any atom is -0.330 e. The van der Waals surface area contributed by atoms with Crippen LogP contribution in [0.1, 0.15) is 36.1 Å². The molecular formula is C23H25NO. The topological polar surface area (TPSA) is 20.3 Å². The van der Waals surface area contributed by atoms with Crippen molar-refractivity contribution in [2.75, 3.05) is 0 Å². The molecule has 2 aliphatic rings. The van der Waals surface area contributed by atoms with Gasteiger partial charge < -0.3 is 4.90 Å². The number of hydrogen-bond donors (Lipinski definition) is 0. The number of likely N-dealkylation sites (tertiary alicyclic amines) is 1. The highest BCUT2D eigenvalue weighted by Gasteiger charge is 2.48. The number of fused-ring (bicyclic) bond motifs is 1. The minimum atomic E-state index is 0.120. The van der Waals surface area contributed by atoms with Crippen molar-refractivity contribution in [2.24, 2.45) is 17.8 Å². The van der Waals surface area contributed by atoms with Crippen molar-refractivity contribution in [1.82, 2.24) is 4.90 Å². The van der Waals surface area contributed by atoms with E-state index in [2.05, 4.69) is 67.3 Å². The summed E-state index contributed by atoms with van der Waals surface area (Å²) in [5, 5.41) is 0. The molecule has 1 unspecified atom stereocenters. The van der Waals surface area contributed by atoms with Gasteiger partial charge in [0.2, 0.25) is 5.91 Å². The highest BCUT2D eigenvalue weighted by molar-refractivity contribution is 5.83. The number of carbonyl (C=O) groups excluding carboxylic acids is 1. The second-order valence-corrected chi connectivity index (χ2v) is 7.59. The van der Waals surface area contributed by atoms with Gasteiger partial charge in [-0.1, -0.05) is 79.2 Å². The van der Waals surface area contributed by atoms with Crippen LogP contribution in [0, 0.1) is 24.7 Å². The lowest BCUT2D eigenvalue weighted by Gasteiger charge is -2.29. The van der Waals surface area contributed by atoms with Crippen molar-refractivity contribution in [3.05, 3.63) is 83.4 Å². The molecule has 25 heavy (non-hydrogen) atoms. The molecule has 1 amide bonds. The lowest BCUT2D eigenvalue weighted by Crippen LogP contribution is -2.29. The molecule has 1 saturated heterocycles. The quantitative estimate of drug-likeness (QED) is 0.732. The first-order chi connectivity index (χ1) is 12.1. The summed E-state index contributed by atoms with van der Waals surface area (Å²) in [6, 6.07) is 19.1. The van der Waals surface area contributed by atoms with Crippen LogP contribution in [0.3, 0.4) is 0 Å². The van der Waals surface area contributed by atoms with Gasteiger partial charge in [-0.05, 0) is 30.4 Å². The molecule has 0 saturated carbocycles. The Labute approximate surface area is 150 Å². The molecule has 4 atom stereocenters. The summed E-state index contributed by atoms with van der Waals surface area (Å²) in [5.41, 5.74) is 3.71. The van der Waals surface area contributed by atoms with E-state index in [4.69, 9.17) is 0 Å². The summed E-state index contributed by atoms with van der Waals surface area (Å²) in [6.07, 6.45) is 5.56. The Balaban J connectivity index is 1.74. The van der Waals surface area contributed by atoms with Crippen LogP contribution >= 0.6 is 0 Å². The van der Waals surface area contributed by atoms with Crippen molar-refractivity contribution in [2.45, 2.75) is 32.9 Å². The van der Waals surface area contributed by atoms with E-state index in [0.29, 0.717) is 18.4 Å². The van der Waals surface area contributed by atoms with E-state index in [1.807, 2.05) is 18.2 Å². The first kappa shape index (κ1) is 16.1. The number of allylic oxidation sites excluding steroid dienone is 1. The number of amides is 1. The SMILES string of the molecule is Cc1cccc([C@H]2[C@H]3C=CC(C)C[C@@H]3C(=O)N2Cc2ccccc2)c1. The molecule has 1 aliphatic carbocycles. The molecular weight excluding hydrogens is 306 g/mol. The van der Waals surface area contributed by atoms with Gasteiger partial charge in [0, 0.05) is 18.4 Å². The summed E-state index contributed by atoms with van der Waals surface area (Å²) in [6.45, 7) is 5.02. The summed E-state index contributed by atoms with van der Waals surface area (Å²) < 4.78 is 0. The maximum Gasteiger partial charge on any atom is 0.227 e. The van der Waals surface area contributed by atoms with Crippen molar-refractivity contribution in [1.29, 1.82) is 0 Å². The molecule has 0 aromatic heterocycles. The van der Waals surface area contributed by atoms with Gasteiger partial charge in [-0.2, -0.15) is 0 Å². The van der Waals surface area contributed by atoms with E-state index in [1.165, 1.54) is 16.7 Å². The summed E-state index contributed by atoms with van der Waals surface area (Å²) in [4.78, 5) is 15.4.